The van der Waals surface area contributed by atoms with Gasteiger partial charge in [0, 0.05) is 28.9 Å². The van der Waals surface area contributed by atoms with Gasteiger partial charge in [0.25, 0.3) is 5.69 Å². The zero-order valence-corrected chi connectivity index (χ0v) is 22.5. The number of pyridine rings is 1. The Morgan fingerprint density at radius 3 is 2.44 bits per heavy atom. The van der Waals surface area contributed by atoms with Crippen molar-refractivity contribution >= 4 is 29.0 Å². The number of aryl methyl sites for hydroxylation is 1. The van der Waals surface area contributed by atoms with Gasteiger partial charge in [0.05, 0.1) is 28.0 Å². The van der Waals surface area contributed by atoms with E-state index in [2.05, 4.69) is 11.4 Å². The summed E-state index contributed by atoms with van der Waals surface area (Å²) >= 11 is 1.19. The molecule has 9 heteroatoms. The number of nitrogens with one attached hydrogen (secondary N) is 1. The first-order valence-corrected chi connectivity index (χ1v) is 13.1. The van der Waals surface area contributed by atoms with E-state index in [1.54, 1.807) is 13.8 Å². The second-order valence-corrected chi connectivity index (χ2v) is 10.0. The average molecular weight is 539 g/mol. The molecule has 4 aromatic rings. The number of hydrogen-bond acceptors (Lipinski definition) is 7. The smallest absolute Gasteiger partial charge is 0.269 e. The van der Waals surface area contributed by atoms with Gasteiger partial charge in [-0.3, -0.25) is 14.9 Å². The lowest BCUT2D eigenvalue weighted by Crippen LogP contribution is -2.23. The van der Waals surface area contributed by atoms with Crippen LogP contribution in [0.5, 0.6) is 5.75 Å². The van der Waals surface area contributed by atoms with E-state index >= 15 is 0 Å². The molecule has 0 saturated carbocycles. The van der Waals surface area contributed by atoms with Crippen molar-refractivity contribution in [3.63, 3.8) is 0 Å². The lowest BCUT2D eigenvalue weighted by molar-refractivity contribution is -0.384. The van der Waals surface area contributed by atoms with E-state index in [-0.39, 0.29) is 11.6 Å². The van der Waals surface area contributed by atoms with Gasteiger partial charge in [0.1, 0.15) is 16.8 Å². The predicted molar refractivity (Wildman–Crippen MR) is 153 cm³/mol. The zero-order valence-electron chi connectivity index (χ0n) is 21.7. The van der Waals surface area contributed by atoms with Crippen LogP contribution in [-0.4, -0.2) is 27.7 Å². The highest BCUT2D eigenvalue weighted by atomic mass is 32.2. The molecule has 8 nitrogen and oxygen atoms in total. The summed E-state index contributed by atoms with van der Waals surface area (Å²) in [5, 5.41) is 23.8. The number of carbonyl (C=O) groups excluding carboxylic acids is 1. The maximum absolute atomic E-state index is 13.1. The van der Waals surface area contributed by atoms with Crippen molar-refractivity contribution in [2.75, 3.05) is 11.9 Å². The number of nitro groups is 1. The van der Waals surface area contributed by atoms with Gasteiger partial charge in [-0.2, -0.15) is 5.26 Å². The molecule has 1 amide bonds. The quantitative estimate of drug-likeness (QED) is 0.138. The second kappa shape index (κ2) is 12.2. The number of anilines is 1. The van der Waals surface area contributed by atoms with Gasteiger partial charge in [-0.15, -0.1) is 0 Å². The molecule has 4 rings (SSSR count). The van der Waals surface area contributed by atoms with Crippen LogP contribution in [0, 0.1) is 28.4 Å². The molecular weight excluding hydrogens is 512 g/mol. The van der Waals surface area contributed by atoms with E-state index in [1.165, 1.54) is 30.0 Å². The Morgan fingerprint density at radius 2 is 1.82 bits per heavy atom. The summed E-state index contributed by atoms with van der Waals surface area (Å²) in [5.41, 5.74) is 4.50. The highest BCUT2D eigenvalue weighted by Gasteiger charge is 2.22. The summed E-state index contributed by atoms with van der Waals surface area (Å²) < 4.78 is 5.56. The SMILES string of the molecule is CCOc1ccc(-c2cc(-c3ccccc3)c(C#N)c(S[C@@H](C)C(=O)Nc3ccc([N+](=O)[O-])cc3C)n2)cc1. The normalized spacial score (nSPS) is 11.3. The topological polar surface area (TPSA) is 118 Å². The van der Waals surface area contributed by atoms with Crippen LogP contribution in [-0.2, 0) is 4.79 Å². The molecule has 0 saturated heterocycles. The number of nitriles is 1. The van der Waals surface area contributed by atoms with Crippen molar-refractivity contribution in [2.45, 2.75) is 31.0 Å². The van der Waals surface area contributed by atoms with Crippen LogP contribution in [0.3, 0.4) is 0 Å². The van der Waals surface area contributed by atoms with Gasteiger partial charge in [-0.1, -0.05) is 42.1 Å². The number of benzene rings is 3. The Bertz CT molecular complexity index is 1550. The minimum absolute atomic E-state index is 0.0460. The molecule has 1 N–H and O–H groups in total. The third-order valence-corrected chi connectivity index (χ3v) is 7.07. The van der Waals surface area contributed by atoms with Crippen molar-refractivity contribution < 1.29 is 14.5 Å². The lowest BCUT2D eigenvalue weighted by atomic mass is 9.99. The zero-order chi connectivity index (χ0) is 27.9. The van der Waals surface area contributed by atoms with Crippen molar-refractivity contribution in [1.29, 1.82) is 5.26 Å². The number of non-ortho nitro benzene ring substituents is 1. The number of rotatable bonds is 9. The van der Waals surface area contributed by atoms with Crippen LogP contribution >= 0.6 is 11.8 Å². The van der Waals surface area contributed by atoms with Crippen LogP contribution in [0.1, 0.15) is 25.0 Å². The number of ether oxygens (including phenoxy) is 1. The molecule has 0 bridgehead atoms. The second-order valence-electron chi connectivity index (χ2n) is 8.68. The lowest BCUT2D eigenvalue weighted by Gasteiger charge is -2.16. The number of amides is 1. The van der Waals surface area contributed by atoms with Crippen LogP contribution in [0.4, 0.5) is 11.4 Å². The summed E-state index contributed by atoms with van der Waals surface area (Å²) in [4.78, 5) is 28.5. The van der Waals surface area contributed by atoms with E-state index in [4.69, 9.17) is 9.72 Å². The van der Waals surface area contributed by atoms with E-state index in [0.29, 0.717) is 34.1 Å². The van der Waals surface area contributed by atoms with E-state index < -0.39 is 10.2 Å². The Morgan fingerprint density at radius 1 is 1.10 bits per heavy atom. The van der Waals surface area contributed by atoms with Crippen molar-refractivity contribution in [2.24, 2.45) is 0 Å². The molecule has 1 heterocycles. The van der Waals surface area contributed by atoms with Crippen molar-refractivity contribution in [1.82, 2.24) is 4.98 Å². The van der Waals surface area contributed by atoms with Crippen LogP contribution in [0.2, 0.25) is 0 Å². The summed E-state index contributed by atoms with van der Waals surface area (Å²) in [6, 6.07) is 25.6. The molecular formula is C30H26N4O4S. The van der Waals surface area contributed by atoms with E-state index in [0.717, 1.165) is 22.4 Å². The molecule has 0 aliphatic heterocycles. The van der Waals surface area contributed by atoms with Gasteiger partial charge < -0.3 is 10.1 Å². The maximum Gasteiger partial charge on any atom is 0.269 e. The summed E-state index contributed by atoms with van der Waals surface area (Å²) in [6.45, 7) is 5.91. The first-order valence-electron chi connectivity index (χ1n) is 12.3. The molecule has 0 spiro atoms. The van der Waals surface area contributed by atoms with Crippen molar-refractivity contribution in [3.8, 4) is 34.2 Å². The number of nitrogens with zero attached hydrogens (tertiary/aromatic N) is 3. The number of carbonyl (C=O) groups is 1. The Kier molecular flexibility index (Phi) is 8.59. The standard InChI is InChI=1S/C30H26N4O4S/c1-4-38-24-13-10-22(11-14-24)28-17-25(21-8-6-5-7-9-21)26(18-31)30(33-28)39-20(3)29(35)32-27-15-12-23(34(36)37)16-19(27)2/h5-17,20H,4H2,1-3H3,(H,32,35)/t20-/m0/s1. The maximum atomic E-state index is 13.1. The largest absolute Gasteiger partial charge is 0.494 e. The fourth-order valence-corrected chi connectivity index (χ4v) is 4.88. The molecule has 1 aromatic heterocycles. The summed E-state index contributed by atoms with van der Waals surface area (Å²) in [7, 11) is 0. The fraction of sp³-hybridized carbons (Fsp3) is 0.167. The highest BCUT2D eigenvalue weighted by molar-refractivity contribution is 8.00. The van der Waals surface area contributed by atoms with Gasteiger partial charge in [0.15, 0.2) is 0 Å². The molecule has 0 fully saturated rings. The molecule has 0 aliphatic rings. The minimum Gasteiger partial charge on any atom is -0.494 e. The molecule has 3 aromatic carbocycles. The van der Waals surface area contributed by atoms with Crippen LogP contribution in [0.15, 0.2) is 83.9 Å². The summed E-state index contributed by atoms with van der Waals surface area (Å²) in [5.74, 6) is 0.440. The van der Waals surface area contributed by atoms with E-state index in [9.17, 15) is 20.2 Å². The average Bonchev–Trinajstić information content (AvgIpc) is 2.94. The van der Waals surface area contributed by atoms with Gasteiger partial charge in [-0.25, -0.2) is 4.98 Å². The molecule has 0 unspecified atom stereocenters. The van der Waals surface area contributed by atoms with Gasteiger partial charge >= 0.3 is 0 Å². The molecule has 0 aliphatic carbocycles. The third-order valence-electron chi connectivity index (χ3n) is 5.98. The molecule has 39 heavy (non-hydrogen) atoms. The Balaban J connectivity index is 1.68. The first-order chi connectivity index (χ1) is 18.8. The number of thioether (sulfide) groups is 1. The third kappa shape index (κ3) is 6.43. The van der Waals surface area contributed by atoms with E-state index in [1.807, 2.05) is 67.6 Å². The Hall–Kier alpha value is -4.68. The monoisotopic (exact) mass is 538 g/mol. The first kappa shape index (κ1) is 27.4. The van der Waals surface area contributed by atoms with Crippen LogP contribution < -0.4 is 10.1 Å². The minimum atomic E-state index is -0.613. The van der Waals surface area contributed by atoms with Gasteiger partial charge in [-0.05, 0) is 68.3 Å². The fourth-order valence-electron chi connectivity index (χ4n) is 3.95. The molecule has 0 radical (unpaired) electrons. The molecule has 196 valence electrons. The number of hydrogen-bond donors (Lipinski definition) is 1. The molecule has 1 atom stereocenters. The predicted octanol–water partition coefficient (Wildman–Crippen LogP) is 7.02. The van der Waals surface area contributed by atoms with Crippen LogP contribution in [0.25, 0.3) is 22.4 Å². The number of nitro benzene ring substituents is 1. The van der Waals surface area contributed by atoms with Crippen molar-refractivity contribution in [3.05, 3.63) is 100 Å². The Labute approximate surface area is 230 Å². The summed E-state index contributed by atoms with van der Waals surface area (Å²) in [6.07, 6.45) is 0. The number of aromatic nitrogens is 1. The highest BCUT2D eigenvalue weighted by Crippen LogP contribution is 2.36. The van der Waals surface area contributed by atoms with Gasteiger partial charge in [0.2, 0.25) is 5.91 Å².